The van der Waals surface area contributed by atoms with Crippen LogP contribution in [0.4, 0.5) is 0 Å². The summed E-state index contributed by atoms with van der Waals surface area (Å²) < 4.78 is 5.38. The summed E-state index contributed by atoms with van der Waals surface area (Å²) in [6.07, 6.45) is 0.590. The fourth-order valence-electron chi connectivity index (χ4n) is 3.57. The Balaban J connectivity index is 1.80. The Morgan fingerprint density at radius 1 is 1.15 bits per heavy atom. The van der Waals surface area contributed by atoms with Crippen molar-refractivity contribution >= 4 is 11.9 Å². The van der Waals surface area contributed by atoms with Gasteiger partial charge in [0.05, 0.1) is 7.11 Å². The Morgan fingerprint density at radius 2 is 1.81 bits per heavy atom. The Labute approximate surface area is 153 Å². The number of carboxylic acids is 1. The van der Waals surface area contributed by atoms with Crippen LogP contribution in [-0.2, 0) is 22.6 Å². The molecule has 0 spiro atoms. The number of fused-ring (bicyclic) bond motifs is 1. The molecule has 3 rings (SSSR count). The lowest BCUT2D eigenvalue weighted by Crippen LogP contribution is -2.48. The van der Waals surface area contributed by atoms with Gasteiger partial charge in [-0.3, -0.25) is 4.79 Å². The van der Waals surface area contributed by atoms with Crippen LogP contribution >= 0.6 is 0 Å². The van der Waals surface area contributed by atoms with E-state index in [0.717, 1.165) is 22.4 Å². The number of methoxy groups -OCH3 is 1. The molecule has 0 saturated carbocycles. The zero-order chi connectivity index (χ0) is 18.7. The van der Waals surface area contributed by atoms with Crippen LogP contribution in [0.3, 0.4) is 0 Å². The maximum absolute atomic E-state index is 12.9. The molecule has 5 heteroatoms. The monoisotopic (exact) mass is 353 g/mol. The predicted molar refractivity (Wildman–Crippen MR) is 98.1 cm³/mol. The van der Waals surface area contributed by atoms with Gasteiger partial charge in [-0.15, -0.1) is 0 Å². The first kappa shape index (κ1) is 18.0. The minimum Gasteiger partial charge on any atom is -0.496 e. The van der Waals surface area contributed by atoms with Crippen LogP contribution in [0.25, 0.3) is 0 Å². The summed E-state index contributed by atoms with van der Waals surface area (Å²) in [5.41, 5.74) is 2.97. The van der Waals surface area contributed by atoms with E-state index in [1.165, 1.54) is 4.90 Å². The second-order valence-electron chi connectivity index (χ2n) is 6.70. The topological polar surface area (TPSA) is 66.8 Å². The highest BCUT2D eigenvalue weighted by Crippen LogP contribution is 2.31. The van der Waals surface area contributed by atoms with E-state index in [1.54, 1.807) is 7.11 Å². The molecule has 0 fully saturated rings. The third-order valence-corrected chi connectivity index (χ3v) is 5.00. The van der Waals surface area contributed by atoms with E-state index in [0.29, 0.717) is 13.0 Å². The summed E-state index contributed by atoms with van der Waals surface area (Å²) in [7, 11) is 1.61. The molecule has 2 aromatic rings. The number of hydrogen-bond donors (Lipinski definition) is 1. The standard InChI is InChI=1S/C21H23NO4/c1-14(17-9-5-6-10-19(17)26-2)11-20(23)22-13-16-8-4-3-7-15(16)12-18(22)21(24)25/h3-10,14,18H,11-13H2,1-2H3,(H,24,25)/t14-,18-/m1/s1. The Hall–Kier alpha value is -2.82. The van der Waals surface area contributed by atoms with E-state index in [1.807, 2.05) is 55.5 Å². The first-order chi connectivity index (χ1) is 12.5. The molecule has 0 aliphatic carbocycles. The van der Waals surface area contributed by atoms with Gasteiger partial charge in [0, 0.05) is 19.4 Å². The van der Waals surface area contributed by atoms with Crippen LogP contribution in [0.2, 0.25) is 0 Å². The Morgan fingerprint density at radius 3 is 2.50 bits per heavy atom. The summed E-state index contributed by atoms with van der Waals surface area (Å²) in [5, 5.41) is 9.60. The number of carboxylic acid groups (broad SMARTS) is 1. The molecule has 1 aliphatic heterocycles. The van der Waals surface area contributed by atoms with Crippen LogP contribution in [-0.4, -0.2) is 35.0 Å². The van der Waals surface area contributed by atoms with Crippen molar-refractivity contribution in [2.75, 3.05) is 7.11 Å². The maximum atomic E-state index is 12.9. The van der Waals surface area contributed by atoms with Gasteiger partial charge in [0.2, 0.25) is 5.91 Å². The summed E-state index contributed by atoms with van der Waals surface area (Å²) >= 11 is 0. The van der Waals surface area contributed by atoms with E-state index in [2.05, 4.69) is 0 Å². The lowest BCUT2D eigenvalue weighted by Gasteiger charge is -2.35. The molecule has 1 aliphatic rings. The average Bonchev–Trinajstić information content (AvgIpc) is 2.66. The first-order valence-electron chi connectivity index (χ1n) is 8.73. The summed E-state index contributed by atoms with van der Waals surface area (Å²) in [4.78, 5) is 26.1. The molecule has 1 heterocycles. The molecule has 0 bridgehead atoms. The zero-order valence-corrected chi connectivity index (χ0v) is 15.0. The highest BCUT2D eigenvalue weighted by molar-refractivity contribution is 5.85. The van der Waals surface area contributed by atoms with Crippen LogP contribution < -0.4 is 4.74 Å². The summed E-state index contributed by atoms with van der Waals surface area (Å²) in [6.45, 7) is 2.30. The zero-order valence-electron chi connectivity index (χ0n) is 15.0. The number of amides is 1. The molecule has 0 radical (unpaired) electrons. The SMILES string of the molecule is COc1ccccc1[C@H](C)CC(=O)N1Cc2ccccc2C[C@@H]1C(=O)O. The number of nitrogens with zero attached hydrogens (tertiary/aromatic N) is 1. The molecule has 0 unspecified atom stereocenters. The number of ether oxygens (including phenoxy) is 1. The Bertz CT molecular complexity index is 817. The van der Waals surface area contributed by atoms with E-state index in [4.69, 9.17) is 4.74 Å². The minimum absolute atomic E-state index is 0.0646. The molecule has 1 amide bonds. The van der Waals surface area contributed by atoms with Gasteiger partial charge in [0.25, 0.3) is 0 Å². The summed E-state index contributed by atoms with van der Waals surface area (Å²) in [6, 6.07) is 14.5. The van der Waals surface area contributed by atoms with Gasteiger partial charge in [-0.05, 0) is 28.7 Å². The number of aliphatic carboxylic acids is 1. The quantitative estimate of drug-likeness (QED) is 0.896. The number of rotatable bonds is 5. The molecule has 0 aromatic heterocycles. The van der Waals surface area contributed by atoms with E-state index in [-0.39, 0.29) is 18.2 Å². The normalized spacial score (nSPS) is 17.3. The number of benzene rings is 2. The van der Waals surface area contributed by atoms with Crippen molar-refractivity contribution in [3.8, 4) is 5.75 Å². The van der Waals surface area contributed by atoms with Crippen LogP contribution in [0.1, 0.15) is 36.0 Å². The van der Waals surface area contributed by atoms with Gasteiger partial charge in [0.1, 0.15) is 11.8 Å². The van der Waals surface area contributed by atoms with Gasteiger partial charge < -0.3 is 14.7 Å². The number of hydrogen-bond acceptors (Lipinski definition) is 3. The second kappa shape index (κ2) is 7.60. The molecular weight excluding hydrogens is 330 g/mol. The van der Waals surface area contributed by atoms with E-state index in [9.17, 15) is 14.7 Å². The van der Waals surface area contributed by atoms with Crippen LogP contribution in [0, 0.1) is 0 Å². The van der Waals surface area contributed by atoms with Crippen molar-refractivity contribution in [2.24, 2.45) is 0 Å². The molecule has 1 N–H and O–H groups in total. The highest BCUT2D eigenvalue weighted by Gasteiger charge is 2.35. The van der Waals surface area contributed by atoms with Crippen molar-refractivity contribution in [2.45, 2.75) is 38.3 Å². The first-order valence-corrected chi connectivity index (χ1v) is 8.73. The largest absolute Gasteiger partial charge is 0.496 e. The molecule has 136 valence electrons. The van der Waals surface area contributed by atoms with E-state index >= 15 is 0 Å². The molecule has 5 nitrogen and oxygen atoms in total. The highest BCUT2D eigenvalue weighted by atomic mass is 16.5. The third kappa shape index (κ3) is 3.57. The maximum Gasteiger partial charge on any atom is 0.326 e. The Kier molecular flexibility index (Phi) is 5.26. The van der Waals surface area contributed by atoms with Crippen molar-refractivity contribution in [3.05, 3.63) is 65.2 Å². The molecule has 2 atom stereocenters. The number of para-hydroxylation sites is 1. The minimum atomic E-state index is -0.960. The molecule has 26 heavy (non-hydrogen) atoms. The fraction of sp³-hybridized carbons (Fsp3) is 0.333. The smallest absolute Gasteiger partial charge is 0.326 e. The van der Waals surface area contributed by atoms with Crippen molar-refractivity contribution in [1.29, 1.82) is 0 Å². The van der Waals surface area contributed by atoms with Crippen molar-refractivity contribution in [3.63, 3.8) is 0 Å². The van der Waals surface area contributed by atoms with Crippen LogP contribution in [0.5, 0.6) is 5.75 Å². The lowest BCUT2D eigenvalue weighted by molar-refractivity contribution is -0.151. The molecule has 0 saturated heterocycles. The summed E-state index contributed by atoms with van der Waals surface area (Å²) in [5.74, 6) is -0.431. The molecular formula is C21H23NO4. The lowest BCUT2D eigenvalue weighted by atomic mass is 9.91. The van der Waals surface area contributed by atoms with Crippen molar-refractivity contribution in [1.82, 2.24) is 4.90 Å². The van der Waals surface area contributed by atoms with Gasteiger partial charge in [-0.1, -0.05) is 49.4 Å². The molecule has 2 aromatic carbocycles. The number of carbonyl (C=O) groups is 2. The third-order valence-electron chi connectivity index (χ3n) is 5.00. The van der Waals surface area contributed by atoms with Gasteiger partial charge in [-0.2, -0.15) is 0 Å². The average molecular weight is 353 g/mol. The van der Waals surface area contributed by atoms with Gasteiger partial charge in [0.15, 0.2) is 0 Å². The fourth-order valence-corrected chi connectivity index (χ4v) is 3.57. The number of carbonyl (C=O) groups excluding carboxylic acids is 1. The second-order valence-corrected chi connectivity index (χ2v) is 6.70. The predicted octanol–water partition coefficient (Wildman–Crippen LogP) is 3.23. The van der Waals surface area contributed by atoms with Crippen molar-refractivity contribution < 1.29 is 19.4 Å². The van der Waals surface area contributed by atoms with Gasteiger partial charge >= 0.3 is 5.97 Å². The van der Waals surface area contributed by atoms with Crippen LogP contribution in [0.15, 0.2) is 48.5 Å². The van der Waals surface area contributed by atoms with Gasteiger partial charge in [-0.25, -0.2) is 4.79 Å². The van der Waals surface area contributed by atoms with E-state index < -0.39 is 12.0 Å².